The maximum absolute atomic E-state index is 12.4. The number of ether oxygens (including phenoxy) is 1. The number of rotatable bonds is 7. The van der Waals surface area contributed by atoms with E-state index in [1.54, 1.807) is 31.3 Å². The van der Waals surface area contributed by atoms with Crippen molar-refractivity contribution in [3.05, 3.63) is 59.8 Å². The van der Waals surface area contributed by atoms with Crippen molar-refractivity contribution >= 4 is 6.03 Å². The van der Waals surface area contributed by atoms with E-state index in [9.17, 15) is 9.90 Å². The van der Waals surface area contributed by atoms with Crippen LogP contribution in [0.1, 0.15) is 17.5 Å². The Balaban J connectivity index is 1.47. The van der Waals surface area contributed by atoms with Gasteiger partial charge in [-0.3, -0.25) is 4.90 Å². The largest absolute Gasteiger partial charge is 0.481 e. The van der Waals surface area contributed by atoms with Crippen LogP contribution in [0.5, 0.6) is 5.88 Å². The van der Waals surface area contributed by atoms with E-state index in [0.29, 0.717) is 31.9 Å². The van der Waals surface area contributed by atoms with Crippen molar-refractivity contribution in [3.63, 3.8) is 0 Å². The minimum Gasteiger partial charge on any atom is -0.481 e. The molecular weight excluding hydrogens is 356 g/mol. The molecule has 2 aromatic rings. The molecule has 2 amide bonds. The predicted octanol–water partition coefficient (Wildman–Crippen LogP) is 1.87. The molecule has 1 aromatic carbocycles. The van der Waals surface area contributed by atoms with E-state index in [1.165, 1.54) is 5.56 Å². The number of carbonyl (C=O) groups is 1. The Labute approximate surface area is 165 Å². The van der Waals surface area contributed by atoms with Crippen molar-refractivity contribution in [3.8, 4) is 5.88 Å². The summed E-state index contributed by atoms with van der Waals surface area (Å²) in [5.41, 5.74) is 1.24. The minimum absolute atomic E-state index is 0.217. The first-order chi connectivity index (χ1) is 13.5. The van der Waals surface area contributed by atoms with Gasteiger partial charge in [0.1, 0.15) is 0 Å². The van der Waals surface area contributed by atoms with E-state index in [1.807, 2.05) is 24.3 Å². The maximum atomic E-state index is 12.4. The average molecular weight is 384 g/mol. The van der Waals surface area contributed by atoms with Gasteiger partial charge in [-0.1, -0.05) is 30.3 Å². The zero-order valence-corrected chi connectivity index (χ0v) is 16.5. The van der Waals surface area contributed by atoms with Crippen LogP contribution in [0.15, 0.2) is 48.7 Å². The molecule has 0 aliphatic carbocycles. The number of urea groups is 1. The number of carbonyl (C=O) groups excluding carboxylic acids is 1. The number of benzene rings is 1. The molecule has 2 N–H and O–H groups in total. The summed E-state index contributed by atoms with van der Waals surface area (Å²) in [5.74, 6) is 0.513. The quantitative estimate of drug-likeness (QED) is 0.762. The number of aromatic nitrogens is 1. The number of methoxy groups -OCH3 is 1. The third-order valence-corrected chi connectivity index (χ3v) is 4.99. The highest BCUT2D eigenvalue weighted by Gasteiger charge is 2.37. The fourth-order valence-corrected chi connectivity index (χ4v) is 3.54. The molecule has 1 unspecified atom stereocenters. The highest BCUT2D eigenvalue weighted by atomic mass is 16.5. The van der Waals surface area contributed by atoms with Crippen LogP contribution in [0.2, 0.25) is 0 Å². The lowest BCUT2D eigenvalue weighted by Gasteiger charge is -2.29. The molecule has 7 heteroatoms. The second kappa shape index (κ2) is 9.03. The molecule has 1 aromatic heterocycles. The van der Waals surface area contributed by atoms with Crippen LogP contribution >= 0.6 is 0 Å². The lowest BCUT2D eigenvalue weighted by molar-refractivity contribution is 0.0261. The SMILES string of the molecule is COc1cc(CNC(=O)N(C)CC2(O)CCN(Cc3ccccc3)C2)ccn1. The Morgan fingerprint density at radius 1 is 1.32 bits per heavy atom. The van der Waals surface area contributed by atoms with Gasteiger partial charge in [-0.15, -0.1) is 0 Å². The number of nitrogens with one attached hydrogen (secondary N) is 1. The van der Waals surface area contributed by atoms with E-state index in [-0.39, 0.29) is 6.03 Å². The van der Waals surface area contributed by atoms with Gasteiger partial charge < -0.3 is 20.1 Å². The number of aliphatic hydroxyl groups is 1. The van der Waals surface area contributed by atoms with Crippen LogP contribution < -0.4 is 10.1 Å². The molecular formula is C21H28N4O3. The predicted molar refractivity (Wildman–Crippen MR) is 107 cm³/mol. The summed E-state index contributed by atoms with van der Waals surface area (Å²) in [4.78, 5) is 20.2. The number of β-amino-alcohol motifs (C(OH)–C–C–N with tert-alkyl or cyclic N) is 1. The van der Waals surface area contributed by atoms with Gasteiger partial charge in [0.05, 0.1) is 19.3 Å². The molecule has 0 saturated carbocycles. The monoisotopic (exact) mass is 384 g/mol. The zero-order valence-electron chi connectivity index (χ0n) is 16.5. The molecule has 7 nitrogen and oxygen atoms in total. The third-order valence-electron chi connectivity index (χ3n) is 4.99. The summed E-state index contributed by atoms with van der Waals surface area (Å²) < 4.78 is 5.09. The van der Waals surface area contributed by atoms with Gasteiger partial charge in [-0.2, -0.15) is 0 Å². The average Bonchev–Trinajstić information content (AvgIpc) is 3.07. The third kappa shape index (κ3) is 5.43. The zero-order chi connectivity index (χ0) is 20.0. The Bertz CT molecular complexity index is 786. The van der Waals surface area contributed by atoms with E-state index < -0.39 is 5.60 Å². The molecule has 150 valence electrons. The van der Waals surface area contributed by atoms with Crippen molar-refractivity contribution in [1.82, 2.24) is 20.1 Å². The lowest BCUT2D eigenvalue weighted by atomic mass is 10.0. The molecule has 1 aliphatic heterocycles. The fraction of sp³-hybridized carbons (Fsp3) is 0.429. The molecule has 1 atom stereocenters. The number of likely N-dealkylation sites (tertiary alicyclic amines) is 1. The molecule has 0 radical (unpaired) electrons. The van der Waals surface area contributed by atoms with Crippen LogP contribution in [0.25, 0.3) is 0 Å². The summed E-state index contributed by atoms with van der Waals surface area (Å²) in [6, 6.07) is 13.6. The molecule has 1 aliphatic rings. The first-order valence-corrected chi connectivity index (χ1v) is 9.44. The van der Waals surface area contributed by atoms with Crippen LogP contribution in [-0.4, -0.2) is 65.3 Å². The van der Waals surface area contributed by atoms with Crippen LogP contribution in [0.4, 0.5) is 4.79 Å². The second-order valence-electron chi connectivity index (χ2n) is 7.39. The first kappa shape index (κ1) is 20.1. The van der Waals surface area contributed by atoms with Crippen molar-refractivity contribution in [2.45, 2.75) is 25.1 Å². The van der Waals surface area contributed by atoms with Gasteiger partial charge >= 0.3 is 6.03 Å². The van der Waals surface area contributed by atoms with Crippen molar-refractivity contribution < 1.29 is 14.6 Å². The summed E-state index contributed by atoms with van der Waals surface area (Å²) in [7, 11) is 3.27. The molecule has 28 heavy (non-hydrogen) atoms. The molecule has 1 fully saturated rings. The first-order valence-electron chi connectivity index (χ1n) is 9.44. The number of pyridine rings is 1. The smallest absolute Gasteiger partial charge is 0.317 e. The van der Waals surface area contributed by atoms with E-state index >= 15 is 0 Å². The number of nitrogens with zero attached hydrogens (tertiary/aromatic N) is 3. The van der Waals surface area contributed by atoms with E-state index in [4.69, 9.17) is 4.74 Å². The standard InChI is InChI=1S/C21H28N4O3/c1-24(20(26)23-13-18-8-10-22-19(12-18)28-2)15-21(27)9-11-25(16-21)14-17-6-4-3-5-7-17/h3-8,10,12,27H,9,11,13-16H2,1-2H3,(H,23,26). The fourth-order valence-electron chi connectivity index (χ4n) is 3.54. The maximum Gasteiger partial charge on any atom is 0.317 e. The van der Waals surface area contributed by atoms with Crippen LogP contribution in [0, 0.1) is 0 Å². The number of hydrogen-bond acceptors (Lipinski definition) is 5. The number of hydrogen-bond donors (Lipinski definition) is 2. The Morgan fingerprint density at radius 2 is 2.11 bits per heavy atom. The van der Waals surface area contributed by atoms with E-state index in [2.05, 4.69) is 27.3 Å². The molecule has 3 rings (SSSR count). The second-order valence-corrected chi connectivity index (χ2v) is 7.39. The molecule has 2 heterocycles. The Morgan fingerprint density at radius 3 is 2.86 bits per heavy atom. The van der Waals surface area contributed by atoms with Gasteiger partial charge in [0.25, 0.3) is 0 Å². The highest BCUT2D eigenvalue weighted by molar-refractivity contribution is 5.73. The number of likely N-dealkylation sites (N-methyl/N-ethyl adjacent to an activating group) is 1. The van der Waals surface area contributed by atoms with Crippen molar-refractivity contribution in [2.75, 3.05) is 33.8 Å². The molecule has 0 spiro atoms. The normalized spacial score (nSPS) is 19.4. The van der Waals surface area contributed by atoms with Gasteiger partial charge in [0.2, 0.25) is 5.88 Å². The van der Waals surface area contributed by atoms with Gasteiger partial charge in [0, 0.05) is 45.5 Å². The van der Waals surface area contributed by atoms with Gasteiger partial charge in [0.15, 0.2) is 0 Å². The summed E-state index contributed by atoms with van der Waals surface area (Å²) in [6.45, 7) is 2.85. The number of amides is 2. The molecule has 1 saturated heterocycles. The van der Waals surface area contributed by atoms with Crippen LogP contribution in [0.3, 0.4) is 0 Å². The topological polar surface area (TPSA) is 77.9 Å². The van der Waals surface area contributed by atoms with Gasteiger partial charge in [-0.25, -0.2) is 9.78 Å². The lowest BCUT2D eigenvalue weighted by Crippen LogP contribution is -2.48. The summed E-state index contributed by atoms with van der Waals surface area (Å²) in [5, 5.41) is 13.8. The van der Waals surface area contributed by atoms with Gasteiger partial charge in [-0.05, 0) is 23.6 Å². The summed E-state index contributed by atoms with van der Waals surface area (Å²) >= 11 is 0. The van der Waals surface area contributed by atoms with Crippen LogP contribution in [-0.2, 0) is 13.1 Å². The summed E-state index contributed by atoms with van der Waals surface area (Å²) in [6.07, 6.45) is 2.30. The van der Waals surface area contributed by atoms with E-state index in [0.717, 1.165) is 18.7 Å². The Hall–Kier alpha value is -2.64. The molecule has 0 bridgehead atoms. The van der Waals surface area contributed by atoms with Crippen molar-refractivity contribution in [1.29, 1.82) is 0 Å². The minimum atomic E-state index is -0.888. The van der Waals surface area contributed by atoms with Crippen molar-refractivity contribution in [2.24, 2.45) is 0 Å². The highest BCUT2D eigenvalue weighted by Crippen LogP contribution is 2.24. The Kier molecular flexibility index (Phi) is 6.49.